The van der Waals surface area contributed by atoms with Crippen LogP contribution in [0.25, 0.3) is 0 Å². The van der Waals surface area contributed by atoms with E-state index in [1.165, 1.54) is 0 Å². The van der Waals surface area contributed by atoms with Gasteiger partial charge in [-0.05, 0) is 0 Å². The standard InChI is InChI=1S/4C4H9O.Ti/c4*1-3-4(2)5;/h4*4H,3H2,1-2H3;/q4*-1;+4/t4*4-;/m1111./s1. The van der Waals surface area contributed by atoms with Crippen LogP contribution in [0.5, 0.6) is 0 Å². The Hall–Kier alpha value is 0.554. The average molecular weight is 340 g/mol. The summed E-state index contributed by atoms with van der Waals surface area (Å²) in [6.07, 6.45) is 1.54. The van der Waals surface area contributed by atoms with Gasteiger partial charge in [-0.15, -0.1) is 24.4 Å². The maximum atomic E-state index is 9.90. The third-order valence-electron chi connectivity index (χ3n) is 2.30. The molecule has 0 aliphatic rings. The van der Waals surface area contributed by atoms with Gasteiger partial charge >= 0.3 is 21.7 Å². The van der Waals surface area contributed by atoms with E-state index in [4.69, 9.17) is 0 Å². The van der Waals surface area contributed by atoms with E-state index in [0.29, 0.717) is 0 Å². The molecule has 0 unspecified atom stereocenters. The van der Waals surface area contributed by atoms with Gasteiger partial charge in [0.15, 0.2) is 0 Å². The van der Waals surface area contributed by atoms with Gasteiger partial charge in [0.05, 0.1) is 0 Å². The Labute approximate surface area is 147 Å². The first-order valence-corrected chi connectivity index (χ1v) is 7.71. The van der Waals surface area contributed by atoms with Crippen molar-refractivity contribution in [3.8, 4) is 0 Å². The van der Waals surface area contributed by atoms with Gasteiger partial charge in [-0.2, -0.15) is 0 Å². The third kappa shape index (κ3) is 96.7. The van der Waals surface area contributed by atoms with Gasteiger partial charge in [0.1, 0.15) is 0 Å². The molecule has 0 radical (unpaired) electrons. The second kappa shape index (κ2) is 28.7. The van der Waals surface area contributed by atoms with Crippen LogP contribution < -0.4 is 20.4 Å². The van der Waals surface area contributed by atoms with Crippen LogP contribution in [0, 0.1) is 0 Å². The molecule has 0 rings (SSSR count). The Morgan fingerprint density at radius 2 is 0.524 bits per heavy atom. The first-order valence-electron chi connectivity index (χ1n) is 7.71. The normalized spacial score (nSPS) is 14.3. The summed E-state index contributed by atoms with van der Waals surface area (Å²) in [6, 6.07) is 0. The quantitative estimate of drug-likeness (QED) is 0.700. The van der Waals surface area contributed by atoms with E-state index in [9.17, 15) is 20.4 Å². The molecule has 21 heavy (non-hydrogen) atoms. The van der Waals surface area contributed by atoms with Gasteiger partial charge in [-0.25, -0.2) is 0 Å². The summed E-state index contributed by atoms with van der Waals surface area (Å²) >= 11 is 0. The van der Waals surface area contributed by atoms with Crippen molar-refractivity contribution in [2.45, 2.75) is 105 Å². The van der Waals surface area contributed by atoms with Crippen molar-refractivity contribution in [1.29, 1.82) is 0 Å². The summed E-state index contributed by atoms with van der Waals surface area (Å²) in [4.78, 5) is 0. The van der Waals surface area contributed by atoms with Gasteiger partial charge in [0, 0.05) is 0 Å². The number of hydrogen-bond acceptors (Lipinski definition) is 4. The SMILES string of the molecule is CC[C@@H](C)[O-].CC[C@@H](C)[O-].CC[C@@H](C)[O-].CC[C@@H](C)[O-].[Ti+4]. The molecular formula is C16H36O4Ti. The molecule has 4 nitrogen and oxygen atoms in total. The van der Waals surface area contributed by atoms with Crippen molar-refractivity contribution in [2.75, 3.05) is 0 Å². The van der Waals surface area contributed by atoms with Gasteiger partial charge in [0.25, 0.3) is 0 Å². The Bertz CT molecular complexity index is 108. The minimum Gasteiger partial charge on any atom is -0.852 e. The van der Waals surface area contributed by atoms with Gasteiger partial charge in [-0.1, -0.05) is 81.1 Å². The third-order valence-corrected chi connectivity index (χ3v) is 2.30. The van der Waals surface area contributed by atoms with Crippen LogP contribution in [-0.4, -0.2) is 24.4 Å². The molecule has 0 N–H and O–H groups in total. The summed E-state index contributed by atoms with van der Waals surface area (Å²) in [7, 11) is 0. The van der Waals surface area contributed by atoms with Crippen molar-refractivity contribution >= 4 is 0 Å². The minimum atomic E-state index is -0.366. The second-order valence-corrected chi connectivity index (χ2v) is 4.88. The zero-order valence-electron chi connectivity index (χ0n) is 15.3. The van der Waals surface area contributed by atoms with Crippen molar-refractivity contribution < 1.29 is 42.1 Å². The van der Waals surface area contributed by atoms with E-state index in [1.54, 1.807) is 27.7 Å². The molecule has 0 amide bonds. The molecule has 0 aromatic heterocycles. The first kappa shape index (κ1) is 33.2. The zero-order chi connectivity index (χ0) is 17.1. The predicted octanol–water partition coefficient (Wildman–Crippen LogP) is 0.578. The molecule has 0 aliphatic carbocycles. The summed E-state index contributed by atoms with van der Waals surface area (Å²) in [6.45, 7) is 14.2. The summed E-state index contributed by atoms with van der Waals surface area (Å²) in [5.41, 5.74) is 0. The Balaban J connectivity index is -0.0000000533. The van der Waals surface area contributed by atoms with Crippen LogP contribution in [0.15, 0.2) is 0 Å². The molecule has 5 heteroatoms. The maximum Gasteiger partial charge on any atom is 4.00 e. The Kier molecular flexibility index (Phi) is 45.4. The molecule has 0 saturated carbocycles. The smallest absolute Gasteiger partial charge is 0.852 e. The molecular weight excluding hydrogens is 304 g/mol. The fourth-order valence-corrected chi connectivity index (χ4v) is 0. The van der Waals surface area contributed by atoms with Gasteiger partial charge < -0.3 is 20.4 Å². The van der Waals surface area contributed by atoms with E-state index < -0.39 is 0 Å². The molecule has 4 atom stereocenters. The molecule has 0 aliphatic heterocycles. The fraction of sp³-hybridized carbons (Fsp3) is 1.00. The molecule has 128 valence electrons. The number of hydrogen-bond donors (Lipinski definition) is 0. The van der Waals surface area contributed by atoms with Crippen LogP contribution in [0.1, 0.15) is 81.1 Å². The largest absolute Gasteiger partial charge is 4.00 e. The average Bonchev–Trinajstić information content (AvgIpc) is 2.40. The monoisotopic (exact) mass is 340 g/mol. The van der Waals surface area contributed by atoms with Crippen LogP contribution in [-0.2, 0) is 21.7 Å². The minimum absolute atomic E-state index is 0. The molecule has 0 heterocycles. The van der Waals surface area contributed by atoms with Crippen LogP contribution in [0.2, 0.25) is 0 Å². The van der Waals surface area contributed by atoms with E-state index >= 15 is 0 Å². The van der Waals surface area contributed by atoms with E-state index in [2.05, 4.69) is 0 Å². The molecule has 0 saturated heterocycles. The Morgan fingerprint density at radius 3 is 0.524 bits per heavy atom. The van der Waals surface area contributed by atoms with Crippen molar-refractivity contribution in [1.82, 2.24) is 0 Å². The van der Waals surface area contributed by atoms with Crippen molar-refractivity contribution in [3.63, 3.8) is 0 Å². The topological polar surface area (TPSA) is 92.2 Å². The predicted molar refractivity (Wildman–Crippen MR) is 79.0 cm³/mol. The fourth-order valence-electron chi connectivity index (χ4n) is 0. The van der Waals surface area contributed by atoms with Crippen LogP contribution in [0.4, 0.5) is 0 Å². The summed E-state index contributed by atoms with van der Waals surface area (Å²) in [5.74, 6) is 0. The van der Waals surface area contributed by atoms with Crippen molar-refractivity contribution in [2.24, 2.45) is 0 Å². The number of rotatable bonds is 4. The van der Waals surface area contributed by atoms with E-state index in [0.717, 1.165) is 25.7 Å². The summed E-state index contributed by atoms with van der Waals surface area (Å²) in [5, 5.41) is 39.6. The molecule has 0 bridgehead atoms. The van der Waals surface area contributed by atoms with Gasteiger partial charge in [-0.3, -0.25) is 0 Å². The summed E-state index contributed by atoms with van der Waals surface area (Å²) < 4.78 is 0. The molecule has 0 aromatic carbocycles. The molecule has 0 fully saturated rings. The van der Waals surface area contributed by atoms with Gasteiger partial charge in [0.2, 0.25) is 0 Å². The first-order chi connectivity index (χ1) is 9.08. The molecule has 0 spiro atoms. The van der Waals surface area contributed by atoms with Crippen LogP contribution >= 0.6 is 0 Å². The second-order valence-electron chi connectivity index (χ2n) is 4.88. The maximum absolute atomic E-state index is 9.90. The van der Waals surface area contributed by atoms with E-state index in [-0.39, 0.29) is 46.1 Å². The zero-order valence-corrected chi connectivity index (χ0v) is 16.8. The molecule has 0 aromatic rings. The van der Waals surface area contributed by atoms with Crippen LogP contribution in [0.3, 0.4) is 0 Å². The van der Waals surface area contributed by atoms with Crippen molar-refractivity contribution in [3.05, 3.63) is 0 Å². The van der Waals surface area contributed by atoms with E-state index in [1.807, 2.05) is 27.7 Å². The Morgan fingerprint density at radius 1 is 0.476 bits per heavy atom.